The van der Waals surface area contributed by atoms with Crippen molar-refractivity contribution >= 4 is 43.0 Å². The fourth-order valence-electron chi connectivity index (χ4n) is 1.60. The second kappa shape index (κ2) is 2.53. The summed E-state index contributed by atoms with van der Waals surface area (Å²) in [6.07, 6.45) is 0. The number of rotatable bonds is 0. The summed E-state index contributed by atoms with van der Waals surface area (Å²) < 4.78 is 7.05. The van der Waals surface area contributed by atoms with Crippen LogP contribution in [0.1, 0.15) is 5.69 Å². The van der Waals surface area contributed by atoms with Gasteiger partial charge >= 0.3 is 0 Å². The van der Waals surface area contributed by atoms with E-state index in [1.165, 1.54) is 20.2 Å². The highest BCUT2D eigenvalue weighted by atomic mass is 32.1. The van der Waals surface area contributed by atoms with Crippen molar-refractivity contribution in [2.75, 3.05) is 0 Å². The molecule has 0 radical (unpaired) electrons. The van der Waals surface area contributed by atoms with Gasteiger partial charge in [-0.15, -0.1) is 11.3 Å². The minimum atomic E-state index is 1.16. The van der Waals surface area contributed by atoms with Gasteiger partial charge in [0.2, 0.25) is 0 Å². The highest BCUT2D eigenvalue weighted by molar-refractivity contribution is 7.19. The summed E-state index contributed by atoms with van der Waals surface area (Å²) in [6, 6.07) is 6.50. The molecule has 0 atom stereocenters. The molecule has 0 N–H and O–H groups in total. The lowest BCUT2D eigenvalue weighted by molar-refractivity contribution is 1.38. The zero-order valence-electron chi connectivity index (χ0n) is 7.07. The van der Waals surface area contributed by atoms with E-state index in [1.807, 2.05) is 0 Å². The third-order valence-corrected chi connectivity index (χ3v) is 4.08. The minimum absolute atomic E-state index is 1.16. The fourth-order valence-corrected chi connectivity index (χ4v) is 3.46. The van der Waals surface area contributed by atoms with Gasteiger partial charge in [0.15, 0.2) is 0 Å². The molecule has 3 aromatic rings. The summed E-state index contributed by atoms with van der Waals surface area (Å²) in [7, 11) is 0. The normalized spacial score (nSPS) is 11.5. The van der Waals surface area contributed by atoms with Gasteiger partial charge in [-0.1, -0.05) is 6.07 Å². The maximum absolute atomic E-state index is 4.37. The van der Waals surface area contributed by atoms with E-state index in [1.54, 1.807) is 22.9 Å². The topological polar surface area (TPSA) is 12.9 Å². The molecule has 0 saturated carbocycles. The summed E-state index contributed by atoms with van der Waals surface area (Å²) in [5.41, 5.74) is 1.16. The predicted molar refractivity (Wildman–Crippen MR) is 59.7 cm³/mol. The molecule has 2 aromatic heterocycles. The van der Waals surface area contributed by atoms with Crippen LogP contribution in [0.2, 0.25) is 0 Å². The molecule has 0 aliphatic heterocycles. The first kappa shape index (κ1) is 7.47. The molecule has 0 spiro atoms. The molecule has 0 saturated heterocycles. The monoisotopic (exact) mass is 205 g/mol. The van der Waals surface area contributed by atoms with Crippen LogP contribution in [0.4, 0.5) is 0 Å². The minimum Gasteiger partial charge on any atom is -0.197 e. The maximum Gasteiger partial charge on any atom is 0.0604 e. The maximum atomic E-state index is 4.37. The van der Waals surface area contributed by atoms with Gasteiger partial charge in [0.05, 0.1) is 10.4 Å². The lowest BCUT2D eigenvalue weighted by Crippen LogP contribution is -1.69. The Morgan fingerprint density at radius 1 is 1.23 bits per heavy atom. The van der Waals surface area contributed by atoms with Gasteiger partial charge in [-0.25, -0.2) is 0 Å². The van der Waals surface area contributed by atoms with Crippen molar-refractivity contribution in [1.29, 1.82) is 0 Å². The molecular formula is C10H7NS2. The molecule has 0 bridgehead atoms. The number of thiophene rings is 1. The standard InChI is InChI=1S/C10H7NS2/c1-6-9-8(13-11-6)3-2-7-4-5-12-10(7)9/h2-5H,1H3. The van der Waals surface area contributed by atoms with Crippen molar-refractivity contribution in [3.63, 3.8) is 0 Å². The van der Waals surface area contributed by atoms with E-state index in [2.05, 4.69) is 34.9 Å². The van der Waals surface area contributed by atoms with Crippen LogP contribution in [-0.2, 0) is 0 Å². The largest absolute Gasteiger partial charge is 0.197 e. The molecule has 3 rings (SSSR count). The first-order chi connectivity index (χ1) is 6.36. The van der Waals surface area contributed by atoms with Crippen LogP contribution >= 0.6 is 22.9 Å². The van der Waals surface area contributed by atoms with Crippen molar-refractivity contribution in [3.8, 4) is 0 Å². The van der Waals surface area contributed by atoms with E-state index in [9.17, 15) is 0 Å². The van der Waals surface area contributed by atoms with Gasteiger partial charge in [-0.2, -0.15) is 4.37 Å². The molecule has 0 aliphatic carbocycles. The highest BCUT2D eigenvalue weighted by Gasteiger charge is 2.06. The Morgan fingerprint density at radius 3 is 3.08 bits per heavy atom. The van der Waals surface area contributed by atoms with Crippen LogP contribution < -0.4 is 0 Å². The van der Waals surface area contributed by atoms with Gasteiger partial charge in [0.25, 0.3) is 0 Å². The van der Waals surface area contributed by atoms with Crippen molar-refractivity contribution in [3.05, 3.63) is 29.3 Å². The van der Waals surface area contributed by atoms with E-state index in [4.69, 9.17) is 0 Å². The molecule has 1 aromatic carbocycles. The SMILES string of the molecule is Cc1nsc2ccc3ccsc3c12. The van der Waals surface area contributed by atoms with E-state index in [-0.39, 0.29) is 0 Å². The summed E-state index contributed by atoms with van der Waals surface area (Å²) >= 11 is 3.39. The van der Waals surface area contributed by atoms with E-state index < -0.39 is 0 Å². The molecule has 0 unspecified atom stereocenters. The van der Waals surface area contributed by atoms with Crippen molar-refractivity contribution in [1.82, 2.24) is 4.37 Å². The number of benzene rings is 1. The summed E-state index contributed by atoms with van der Waals surface area (Å²) in [6.45, 7) is 2.08. The number of hydrogen-bond donors (Lipinski definition) is 0. The Kier molecular flexibility index (Phi) is 1.45. The predicted octanol–water partition coefficient (Wildman–Crippen LogP) is 3.82. The van der Waals surface area contributed by atoms with Gasteiger partial charge in [-0.05, 0) is 41.4 Å². The molecule has 3 heteroatoms. The Hall–Kier alpha value is -0.930. The number of fused-ring (bicyclic) bond motifs is 3. The Labute approximate surface area is 83.8 Å². The van der Waals surface area contributed by atoms with Gasteiger partial charge in [0, 0.05) is 10.1 Å². The Bertz CT molecular complexity index is 577. The van der Waals surface area contributed by atoms with Crippen LogP contribution in [0.25, 0.3) is 20.2 Å². The quantitative estimate of drug-likeness (QED) is 0.543. The zero-order valence-corrected chi connectivity index (χ0v) is 8.71. The Morgan fingerprint density at radius 2 is 2.15 bits per heavy atom. The first-order valence-electron chi connectivity index (χ1n) is 4.08. The fraction of sp³-hybridized carbons (Fsp3) is 0.100. The molecule has 13 heavy (non-hydrogen) atoms. The summed E-state index contributed by atoms with van der Waals surface area (Å²) in [5, 5.41) is 4.82. The zero-order chi connectivity index (χ0) is 8.84. The van der Waals surface area contributed by atoms with Crippen LogP contribution in [0.3, 0.4) is 0 Å². The van der Waals surface area contributed by atoms with E-state index in [0.717, 1.165) is 5.69 Å². The molecule has 0 fully saturated rings. The Balaban J connectivity index is 2.70. The van der Waals surface area contributed by atoms with Gasteiger partial charge in [-0.3, -0.25) is 0 Å². The lowest BCUT2D eigenvalue weighted by atomic mass is 10.2. The number of aryl methyl sites for hydroxylation is 1. The number of nitrogens with zero attached hydrogens (tertiary/aromatic N) is 1. The molecule has 1 nitrogen and oxygen atoms in total. The number of hydrogen-bond acceptors (Lipinski definition) is 3. The smallest absolute Gasteiger partial charge is 0.0604 e. The van der Waals surface area contributed by atoms with E-state index in [0.29, 0.717) is 0 Å². The third-order valence-electron chi connectivity index (χ3n) is 2.23. The highest BCUT2D eigenvalue weighted by Crippen LogP contribution is 2.33. The van der Waals surface area contributed by atoms with Crippen LogP contribution in [0.5, 0.6) is 0 Å². The molecule has 2 heterocycles. The molecule has 64 valence electrons. The first-order valence-corrected chi connectivity index (χ1v) is 5.74. The van der Waals surface area contributed by atoms with Crippen molar-refractivity contribution in [2.24, 2.45) is 0 Å². The van der Waals surface area contributed by atoms with Crippen molar-refractivity contribution < 1.29 is 0 Å². The van der Waals surface area contributed by atoms with Crippen LogP contribution in [0.15, 0.2) is 23.6 Å². The average molecular weight is 205 g/mol. The van der Waals surface area contributed by atoms with Gasteiger partial charge in [0.1, 0.15) is 0 Å². The molecular weight excluding hydrogens is 198 g/mol. The van der Waals surface area contributed by atoms with E-state index >= 15 is 0 Å². The number of aromatic nitrogens is 1. The van der Waals surface area contributed by atoms with Crippen LogP contribution in [0, 0.1) is 6.92 Å². The second-order valence-corrected chi connectivity index (χ2v) is 4.77. The molecule has 0 aliphatic rings. The van der Waals surface area contributed by atoms with Crippen molar-refractivity contribution in [2.45, 2.75) is 6.92 Å². The summed E-state index contributed by atoms with van der Waals surface area (Å²) in [4.78, 5) is 0. The van der Waals surface area contributed by atoms with Gasteiger partial charge < -0.3 is 0 Å². The molecule has 0 amide bonds. The lowest BCUT2D eigenvalue weighted by Gasteiger charge is -1.91. The van der Waals surface area contributed by atoms with Crippen LogP contribution in [-0.4, -0.2) is 4.37 Å². The third kappa shape index (κ3) is 0.943. The summed E-state index contributed by atoms with van der Waals surface area (Å²) in [5.74, 6) is 0. The average Bonchev–Trinajstić information content (AvgIpc) is 2.70. The second-order valence-electron chi connectivity index (χ2n) is 3.05.